The smallest absolute Gasteiger partial charge is 1.00 e. The summed E-state index contributed by atoms with van der Waals surface area (Å²) in [5.74, 6) is 0. The minimum absolute atomic E-state index is 0. The van der Waals surface area contributed by atoms with Crippen LogP contribution >= 0.6 is 0 Å². The molecule has 0 saturated carbocycles. The number of hydrogen-bond acceptors (Lipinski definition) is 6. The molecular weight excluding hydrogens is 525 g/mol. The predicted molar refractivity (Wildman–Crippen MR) is 68.6 cm³/mol. The van der Waals surface area contributed by atoms with Gasteiger partial charge in [0.2, 0.25) is 0 Å². The van der Waals surface area contributed by atoms with Gasteiger partial charge in [0.25, 0.3) is 0 Å². The summed E-state index contributed by atoms with van der Waals surface area (Å²) in [5, 5.41) is 0. The Bertz CT molecular complexity index is 278. The van der Waals surface area contributed by atoms with E-state index in [1.165, 1.54) is 0 Å². The summed E-state index contributed by atoms with van der Waals surface area (Å²) in [6.07, 6.45) is 0. The van der Waals surface area contributed by atoms with Gasteiger partial charge in [-0.3, -0.25) is 26.8 Å². The third-order valence-corrected chi connectivity index (χ3v) is 0. The van der Waals surface area contributed by atoms with Crippen molar-refractivity contribution in [1.29, 1.82) is 0 Å². The fourth-order valence-electron chi connectivity index (χ4n) is 0. The van der Waals surface area contributed by atoms with Crippen molar-refractivity contribution in [2.45, 2.75) is 0 Å². The second-order valence-electron chi connectivity index (χ2n) is 1.70. The van der Waals surface area contributed by atoms with Gasteiger partial charge < -0.3 is 61.8 Å². The zero-order valence-corrected chi connectivity index (χ0v) is 25.8. The fourth-order valence-corrected chi connectivity index (χ4v) is 0. The average Bonchev–Trinajstić information content (AvgIpc) is 2.08. The van der Waals surface area contributed by atoms with Gasteiger partial charge in [-0.2, -0.15) is 0 Å². The SMILES string of the molecule is O=[Si](O)O.O=[Si](O)O.O=[Si](O)O.O=[Si](O)O.O=[Si](O)O.O=[Si](O)O.[H-].[H-].[H-].[Na+].[Na+].[Na+]. The number of rotatable bonds is 0. The molecule has 0 heterocycles. The van der Waals surface area contributed by atoms with Crippen LogP contribution in [0, 0.1) is 0 Å². The van der Waals surface area contributed by atoms with Crippen LogP contribution in [-0.4, -0.2) is 113 Å². The van der Waals surface area contributed by atoms with E-state index in [0.717, 1.165) is 0 Å². The summed E-state index contributed by atoms with van der Waals surface area (Å²) in [5.41, 5.74) is 0. The van der Waals surface area contributed by atoms with E-state index < -0.39 is 55.0 Å². The van der Waals surface area contributed by atoms with Gasteiger partial charge in [-0.15, -0.1) is 0 Å². The molecule has 27 heteroatoms. The van der Waals surface area contributed by atoms with Crippen molar-refractivity contribution < 1.29 is 177 Å². The van der Waals surface area contributed by atoms with Gasteiger partial charge in [-0.05, 0) is 0 Å². The zero-order valence-electron chi connectivity index (χ0n) is 16.8. The van der Waals surface area contributed by atoms with Crippen molar-refractivity contribution in [3.8, 4) is 0 Å². The van der Waals surface area contributed by atoms with Crippen LogP contribution in [0.1, 0.15) is 4.28 Å². The van der Waals surface area contributed by atoms with Gasteiger partial charge in [0.05, 0.1) is 0 Å². The van der Waals surface area contributed by atoms with Crippen molar-refractivity contribution >= 4 is 55.0 Å². The maximum absolute atomic E-state index is 8.74. The molecule has 0 spiro atoms. The molecular formula is H15Na3O18Si6. The van der Waals surface area contributed by atoms with E-state index in [0.29, 0.717) is 0 Å². The topological polar surface area (TPSA) is 345 Å². The molecule has 0 radical (unpaired) electrons. The van der Waals surface area contributed by atoms with Crippen molar-refractivity contribution in [2.24, 2.45) is 0 Å². The summed E-state index contributed by atoms with van der Waals surface area (Å²) in [4.78, 5) is 85.9. The molecule has 0 bridgehead atoms. The summed E-state index contributed by atoms with van der Waals surface area (Å²) < 4.78 is 52.4. The molecule has 0 aromatic carbocycles. The summed E-state index contributed by atoms with van der Waals surface area (Å²) >= 11 is 0. The van der Waals surface area contributed by atoms with Crippen molar-refractivity contribution in [3.05, 3.63) is 0 Å². The minimum Gasteiger partial charge on any atom is -1.00 e. The van der Waals surface area contributed by atoms with E-state index in [-0.39, 0.29) is 93.0 Å². The first-order valence-electron chi connectivity index (χ1n) is 3.91. The average molecular weight is 541 g/mol. The van der Waals surface area contributed by atoms with E-state index in [9.17, 15) is 0 Å². The van der Waals surface area contributed by atoms with E-state index in [2.05, 4.69) is 0 Å². The molecule has 0 aliphatic heterocycles. The van der Waals surface area contributed by atoms with E-state index >= 15 is 0 Å². The fraction of sp³-hybridized carbons (Fsp3) is 0. The van der Waals surface area contributed by atoms with Crippen LogP contribution in [0.25, 0.3) is 0 Å². The molecule has 18 nitrogen and oxygen atoms in total. The summed E-state index contributed by atoms with van der Waals surface area (Å²) in [6.45, 7) is 0. The summed E-state index contributed by atoms with van der Waals surface area (Å²) in [6, 6.07) is 0. The predicted octanol–water partition coefficient (Wildman–Crippen LogP) is -18.3. The van der Waals surface area contributed by atoms with E-state index in [4.69, 9.17) is 84.3 Å². The molecule has 150 valence electrons. The molecule has 27 heavy (non-hydrogen) atoms. The second-order valence-corrected chi connectivity index (χ2v) is 5.09. The van der Waals surface area contributed by atoms with Crippen LogP contribution in [0.15, 0.2) is 0 Å². The van der Waals surface area contributed by atoms with Crippen LogP contribution in [0.4, 0.5) is 0 Å². The minimum atomic E-state index is -3.13. The zero-order chi connectivity index (χ0) is 21.5. The van der Waals surface area contributed by atoms with Gasteiger partial charge in [0.15, 0.2) is 0 Å². The van der Waals surface area contributed by atoms with Gasteiger partial charge in [-0.1, -0.05) is 0 Å². The quantitative estimate of drug-likeness (QED) is 0.127. The second kappa shape index (κ2) is 50.4. The van der Waals surface area contributed by atoms with Crippen LogP contribution in [-0.2, 0) is 26.8 Å². The van der Waals surface area contributed by atoms with Gasteiger partial charge in [0, 0.05) is 0 Å². The summed E-state index contributed by atoms with van der Waals surface area (Å²) in [7, 11) is -18.8. The molecule has 0 aromatic heterocycles. The Balaban J connectivity index is -0.0000000125. The van der Waals surface area contributed by atoms with E-state index in [1.54, 1.807) is 0 Å². The molecule has 0 aliphatic carbocycles. The molecule has 0 unspecified atom stereocenters. The molecule has 0 rings (SSSR count). The van der Waals surface area contributed by atoms with Crippen molar-refractivity contribution in [1.82, 2.24) is 0 Å². The van der Waals surface area contributed by atoms with Crippen LogP contribution < -0.4 is 88.7 Å². The monoisotopic (exact) mass is 540 g/mol. The Morgan fingerprint density at radius 2 is 0.296 bits per heavy atom. The van der Waals surface area contributed by atoms with Crippen LogP contribution in [0.2, 0.25) is 0 Å². The van der Waals surface area contributed by atoms with Crippen molar-refractivity contribution in [2.75, 3.05) is 0 Å². The Labute approximate surface area is 229 Å². The standard InChI is InChI=1S/3Na.6H2O3Si.3H/c;;;6*1-4(2)3;;;/h;;;6*1-2H;;;/q3*+1;;;;;;;3*-1. The first kappa shape index (κ1) is 56.5. The van der Waals surface area contributed by atoms with E-state index in [1.807, 2.05) is 0 Å². The third kappa shape index (κ3) is 33100. The maximum atomic E-state index is 8.74. The molecule has 0 saturated heterocycles. The van der Waals surface area contributed by atoms with Gasteiger partial charge >= 0.3 is 144 Å². The van der Waals surface area contributed by atoms with Crippen LogP contribution in [0.3, 0.4) is 0 Å². The molecule has 0 aliphatic rings. The number of hydrogen-bond donors (Lipinski definition) is 12. The molecule has 0 fully saturated rings. The Hall–Kier alpha value is 0.701. The Morgan fingerprint density at radius 3 is 0.296 bits per heavy atom. The molecule has 0 atom stereocenters. The molecule has 0 amide bonds. The maximum Gasteiger partial charge on any atom is 1.00 e. The van der Waals surface area contributed by atoms with Crippen molar-refractivity contribution in [3.63, 3.8) is 0 Å². The van der Waals surface area contributed by atoms with Gasteiger partial charge in [-0.25, -0.2) is 0 Å². The first-order valence-corrected chi connectivity index (χ1v) is 11.7. The molecule has 12 N–H and O–H groups in total. The Kier molecular flexibility index (Phi) is 105. The first-order chi connectivity index (χ1) is 10.4. The Morgan fingerprint density at radius 1 is 0.296 bits per heavy atom. The molecule has 0 aromatic rings. The largest absolute Gasteiger partial charge is 1.00 e. The normalized spacial score (nSPS) is 5.33. The van der Waals surface area contributed by atoms with Gasteiger partial charge in [0.1, 0.15) is 0 Å². The van der Waals surface area contributed by atoms with Crippen LogP contribution in [0.5, 0.6) is 0 Å². The third-order valence-electron chi connectivity index (χ3n) is 0.